The van der Waals surface area contributed by atoms with Gasteiger partial charge in [0.2, 0.25) is 0 Å². The fraction of sp³-hybridized carbons (Fsp3) is 0. The molecule has 0 spiro atoms. The van der Waals surface area contributed by atoms with E-state index in [-0.39, 0.29) is 11.4 Å². The number of nitro groups is 2. The number of halogens is 2. The molecule has 0 amide bonds. The van der Waals surface area contributed by atoms with E-state index in [0.717, 1.165) is 32.3 Å². The zero-order valence-electron chi connectivity index (χ0n) is 11.5. The van der Waals surface area contributed by atoms with Crippen molar-refractivity contribution in [2.45, 2.75) is 10.1 Å². The van der Waals surface area contributed by atoms with Gasteiger partial charge in [0, 0.05) is 26.0 Å². The molecule has 0 saturated heterocycles. The molecule has 1 N–H and O–H groups in total. The van der Waals surface area contributed by atoms with E-state index in [2.05, 4.69) is 41.8 Å². The molecule has 1 heterocycles. The molecule has 8 nitrogen and oxygen atoms in total. The number of hydrogen-bond acceptors (Lipinski definition) is 6. The van der Waals surface area contributed by atoms with Crippen molar-refractivity contribution in [2.75, 3.05) is 0 Å². The second-order valence-corrected chi connectivity index (χ2v) is 7.46. The van der Waals surface area contributed by atoms with Crippen LogP contribution in [0.1, 0.15) is 0 Å². The van der Waals surface area contributed by atoms with Gasteiger partial charge in [0.05, 0.1) is 21.4 Å². The summed E-state index contributed by atoms with van der Waals surface area (Å²) < 4.78 is 1.63. The van der Waals surface area contributed by atoms with Gasteiger partial charge in [-0.05, 0) is 28.1 Å². The number of nitro benzene ring substituents is 2. The predicted molar refractivity (Wildman–Crippen MR) is 95.4 cm³/mol. The molecule has 0 radical (unpaired) electrons. The number of hydrogen-bond donors (Lipinski definition) is 1. The number of aromatic amines is 1. The highest BCUT2D eigenvalue weighted by Crippen LogP contribution is 2.35. The van der Waals surface area contributed by atoms with E-state index in [1.54, 1.807) is 0 Å². The first-order valence-corrected chi connectivity index (χ1v) is 8.70. The smallest absolute Gasteiger partial charge is 0.277 e. The Hall–Kier alpha value is -1.98. The van der Waals surface area contributed by atoms with Crippen LogP contribution in [0, 0.1) is 20.2 Å². The lowest BCUT2D eigenvalue weighted by Gasteiger charge is -1.99. The molecular formula is C13H6Br2N4O4S. The molecule has 2 aromatic carbocycles. The van der Waals surface area contributed by atoms with E-state index < -0.39 is 9.85 Å². The highest BCUT2D eigenvalue weighted by Gasteiger charge is 2.18. The quantitative estimate of drug-likeness (QED) is 0.418. The van der Waals surface area contributed by atoms with Crippen LogP contribution in [0.3, 0.4) is 0 Å². The van der Waals surface area contributed by atoms with Crippen molar-refractivity contribution in [3.63, 3.8) is 0 Å². The Morgan fingerprint density at radius 1 is 1.00 bits per heavy atom. The molecule has 0 aliphatic heterocycles. The number of non-ortho nitro benzene ring substituents is 2. The van der Waals surface area contributed by atoms with Gasteiger partial charge in [-0.25, -0.2) is 4.98 Å². The van der Waals surface area contributed by atoms with Crippen molar-refractivity contribution in [3.05, 3.63) is 59.5 Å². The molecular weight excluding hydrogens is 468 g/mol. The topological polar surface area (TPSA) is 115 Å². The number of nitrogens with one attached hydrogen (secondary N) is 1. The van der Waals surface area contributed by atoms with E-state index in [1.807, 2.05) is 12.1 Å². The largest absolute Gasteiger partial charge is 0.333 e. The molecule has 0 fully saturated rings. The van der Waals surface area contributed by atoms with Crippen LogP contribution in [0.5, 0.6) is 0 Å². The Balaban J connectivity index is 2.03. The second kappa shape index (κ2) is 6.49. The molecule has 0 aliphatic rings. The summed E-state index contributed by atoms with van der Waals surface area (Å²) in [5.41, 5.74) is 0.776. The molecule has 3 aromatic rings. The monoisotopic (exact) mass is 472 g/mol. The van der Waals surface area contributed by atoms with Crippen LogP contribution in [0.2, 0.25) is 0 Å². The van der Waals surface area contributed by atoms with Crippen molar-refractivity contribution in [2.24, 2.45) is 0 Å². The van der Waals surface area contributed by atoms with Gasteiger partial charge in [-0.15, -0.1) is 0 Å². The van der Waals surface area contributed by atoms with Crippen molar-refractivity contribution < 1.29 is 9.85 Å². The van der Waals surface area contributed by atoms with Crippen LogP contribution in [-0.4, -0.2) is 19.8 Å². The van der Waals surface area contributed by atoms with Crippen LogP contribution in [0.25, 0.3) is 11.0 Å². The Kier molecular flexibility index (Phi) is 4.56. The first-order valence-electron chi connectivity index (χ1n) is 6.30. The summed E-state index contributed by atoms with van der Waals surface area (Å²) in [5.74, 6) is 0. The zero-order valence-corrected chi connectivity index (χ0v) is 15.5. The number of rotatable bonds is 4. The van der Waals surface area contributed by atoms with Gasteiger partial charge in [0.15, 0.2) is 5.16 Å². The lowest BCUT2D eigenvalue weighted by molar-refractivity contribution is -0.394. The Morgan fingerprint density at radius 3 is 2.21 bits per heavy atom. The van der Waals surface area contributed by atoms with Gasteiger partial charge < -0.3 is 4.98 Å². The number of nitrogens with zero attached hydrogens (tertiary/aromatic N) is 3. The van der Waals surface area contributed by atoms with E-state index in [4.69, 9.17) is 0 Å². The van der Waals surface area contributed by atoms with E-state index in [9.17, 15) is 20.2 Å². The second-order valence-electron chi connectivity index (χ2n) is 4.63. The third kappa shape index (κ3) is 3.42. The molecule has 0 saturated carbocycles. The SMILES string of the molecule is O=[N+]([O-])c1cc(Sc2nc3c(Br)cc(Br)cc3[nH]2)cc([N+](=O)[O-])c1. The maximum atomic E-state index is 10.9. The first kappa shape index (κ1) is 16.9. The average Bonchev–Trinajstić information content (AvgIpc) is 2.89. The molecule has 0 atom stereocenters. The van der Waals surface area contributed by atoms with Gasteiger partial charge in [0.25, 0.3) is 11.4 Å². The predicted octanol–water partition coefficient (Wildman–Crippen LogP) is 5.06. The average molecular weight is 474 g/mol. The Morgan fingerprint density at radius 2 is 1.62 bits per heavy atom. The van der Waals surface area contributed by atoms with Gasteiger partial charge in [-0.2, -0.15) is 0 Å². The van der Waals surface area contributed by atoms with Crippen molar-refractivity contribution in [1.82, 2.24) is 9.97 Å². The van der Waals surface area contributed by atoms with Crippen LogP contribution in [-0.2, 0) is 0 Å². The molecule has 122 valence electrons. The van der Waals surface area contributed by atoms with Crippen molar-refractivity contribution in [1.29, 1.82) is 0 Å². The lowest BCUT2D eigenvalue weighted by Crippen LogP contribution is -1.93. The van der Waals surface area contributed by atoms with Gasteiger partial charge in [-0.3, -0.25) is 20.2 Å². The molecule has 11 heteroatoms. The summed E-state index contributed by atoms with van der Waals surface area (Å²) in [6, 6.07) is 7.16. The third-order valence-electron chi connectivity index (χ3n) is 3.00. The minimum absolute atomic E-state index is 0.341. The third-order valence-corrected chi connectivity index (χ3v) is 4.92. The molecule has 0 aliphatic carbocycles. The zero-order chi connectivity index (χ0) is 17.4. The van der Waals surface area contributed by atoms with Crippen LogP contribution in [0.15, 0.2) is 49.3 Å². The van der Waals surface area contributed by atoms with Crippen LogP contribution in [0.4, 0.5) is 11.4 Å². The number of benzene rings is 2. The number of H-pyrrole nitrogens is 1. The van der Waals surface area contributed by atoms with E-state index >= 15 is 0 Å². The normalized spacial score (nSPS) is 10.9. The Bertz CT molecular complexity index is 959. The van der Waals surface area contributed by atoms with Gasteiger partial charge in [-0.1, -0.05) is 27.7 Å². The summed E-state index contributed by atoms with van der Waals surface area (Å²) >= 11 is 7.86. The maximum Gasteiger partial charge on any atom is 0.277 e. The summed E-state index contributed by atoms with van der Waals surface area (Å²) in [4.78, 5) is 28.4. The summed E-state index contributed by atoms with van der Waals surface area (Å²) in [5, 5.41) is 22.4. The van der Waals surface area contributed by atoms with Gasteiger partial charge in [0.1, 0.15) is 5.52 Å². The molecule has 1 aromatic heterocycles. The molecule has 24 heavy (non-hydrogen) atoms. The van der Waals surface area contributed by atoms with Crippen LogP contribution >= 0.6 is 43.6 Å². The minimum Gasteiger partial charge on any atom is -0.333 e. The summed E-state index contributed by atoms with van der Waals surface area (Å²) in [7, 11) is 0. The van der Waals surface area contributed by atoms with Crippen LogP contribution < -0.4 is 0 Å². The summed E-state index contributed by atoms with van der Waals surface area (Å²) in [6.45, 7) is 0. The standard InChI is InChI=1S/C13H6Br2N4O4S/c14-6-1-10(15)12-11(2-6)16-13(17-12)24-9-4-7(18(20)21)3-8(5-9)19(22)23/h1-5H,(H,16,17). The highest BCUT2D eigenvalue weighted by atomic mass is 79.9. The van der Waals surface area contributed by atoms with Crippen molar-refractivity contribution >= 4 is 66.0 Å². The number of imidazole rings is 1. The molecule has 0 unspecified atom stereocenters. The minimum atomic E-state index is -0.663. The van der Waals surface area contributed by atoms with Crippen molar-refractivity contribution in [3.8, 4) is 0 Å². The number of aromatic nitrogens is 2. The Labute approximate surface area is 155 Å². The summed E-state index contributed by atoms with van der Waals surface area (Å²) in [6.07, 6.45) is 0. The van der Waals surface area contributed by atoms with E-state index in [0.29, 0.717) is 15.6 Å². The molecule has 0 bridgehead atoms. The fourth-order valence-corrected chi connectivity index (χ4v) is 4.21. The first-order chi connectivity index (χ1) is 11.3. The lowest BCUT2D eigenvalue weighted by atomic mass is 10.3. The fourth-order valence-electron chi connectivity index (χ4n) is 2.02. The maximum absolute atomic E-state index is 10.9. The van der Waals surface area contributed by atoms with Gasteiger partial charge >= 0.3 is 0 Å². The molecule has 3 rings (SSSR count). The van der Waals surface area contributed by atoms with E-state index in [1.165, 1.54) is 12.1 Å². The highest BCUT2D eigenvalue weighted by molar-refractivity contribution is 9.11. The number of fused-ring (bicyclic) bond motifs is 1.